The molecule has 0 atom stereocenters. The summed E-state index contributed by atoms with van der Waals surface area (Å²) in [5, 5.41) is 0.792. The lowest BCUT2D eigenvalue weighted by atomic mass is 10.0. The first-order chi connectivity index (χ1) is 12.7. The number of nitrogens with zero attached hydrogens (tertiary/aromatic N) is 2. The van der Waals surface area contributed by atoms with Gasteiger partial charge in [0.1, 0.15) is 0 Å². The van der Waals surface area contributed by atoms with Crippen molar-refractivity contribution >= 4 is 23.4 Å². The van der Waals surface area contributed by atoms with E-state index in [1.54, 1.807) is 0 Å². The summed E-state index contributed by atoms with van der Waals surface area (Å²) in [5.41, 5.74) is 5.38. The van der Waals surface area contributed by atoms with Gasteiger partial charge in [-0.2, -0.15) is 0 Å². The Morgan fingerprint density at radius 2 is 1.92 bits per heavy atom. The number of hydrogen-bond donors (Lipinski definition) is 1. The van der Waals surface area contributed by atoms with E-state index >= 15 is 0 Å². The highest BCUT2D eigenvalue weighted by Crippen LogP contribution is 2.29. The first-order valence-electron chi connectivity index (χ1n) is 8.85. The molecule has 1 aromatic heterocycles. The molecule has 4 nitrogen and oxygen atoms in total. The molecular weight excluding hydrogens is 342 g/mol. The van der Waals surface area contributed by atoms with Gasteiger partial charge in [-0.15, -0.1) is 0 Å². The Bertz CT molecular complexity index is 920. The van der Waals surface area contributed by atoms with Crippen LogP contribution in [0.2, 0.25) is 0 Å². The van der Waals surface area contributed by atoms with Crippen molar-refractivity contribution in [1.29, 1.82) is 0 Å². The topological polar surface area (TPSA) is 49.0 Å². The zero-order valence-corrected chi connectivity index (χ0v) is 15.6. The van der Waals surface area contributed by atoms with Gasteiger partial charge in [0.2, 0.25) is 5.91 Å². The van der Waals surface area contributed by atoms with Gasteiger partial charge in [0, 0.05) is 23.5 Å². The van der Waals surface area contributed by atoms with Crippen LogP contribution >= 0.6 is 11.8 Å². The van der Waals surface area contributed by atoms with Gasteiger partial charge in [-0.1, -0.05) is 60.3 Å². The normalized spacial score (nSPS) is 13.5. The largest absolute Gasteiger partial charge is 0.337 e. The van der Waals surface area contributed by atoms with Crippen LogP contribution in [0.4, 0.5) is 5.69 Å². The molecule has 0 spiro atoms. The van der Waals surface area contributed by atoms with E-state index in [-0.39, 0.29) is 5.91 Å². The Hall–Kier alpha value is -2.53. The van der Waals surface area contributed by atoms with E-state index in [4.69, 9.17) is 0 Å². The van der Waals surface area contributed by atoms with Crippen LogP contribution in [0.5, 0.6) is 0 Å². The summed E-state index contributed by atoms with van der Waals surface area (Å²) in [6.07, 6.45) is 2.07. The van der Waals surface area contributed by atoms with Crippen molar-refractivity contribution in [3.8, 4) is 11.3 Å². The van der Waals surface area contributed by atoms with Crippen molar-refractivity contribution in [2.75, 3.05) is 17.2 Å². The third-order valence-electron chi connectivity index (χ3n) is 4.65. The quantitative estimate of drug-likeness (QED) is 0.697. The van der Waals surface area contributed by atoms with E-state index in [0.717, 1.165) is 47.2 Å². The number of carbonyl (C=O) groups is 1. The number of fused-ring (bicyclic) bond motifs is 1. The number of aromatic amines is 1. The lowest BCUT2D eigenvalue weighted by Gasteiger charge is -2.29. The van der Waals surface area contributed by atoms with Crippen molar-refractivity contribution < 1.29 is 4.79 Å². The number of aromatic nitrogens is 2. The summed E-state index contributed by atoms with van der Waals surface area (Å²) in [6, 6.07) is 18.3. The summed E-state index contributed by atoms with van der Waals surface area (Å²) < 4.78 is 0. The Morgan fingerprint density at radius 1 is 1.15 bits per heavy atom. The van der Waals surface area contributed by atoms with E-state index in [0.29, 0.717) is 5.75 Å². The highest BCUT2D eigenvalue weighted by atomic mass is 32.2. The van der Waals surface area contributed by atoms with Crippen LogP contribution < -0.4 is 4.90 Å². The van der Waals surface area contributed by atoms with Crippen molar-refractivity contribution in [2.45, 2.75) is 24.9 Å². The Labute approximate surface area is 157 Å². The van der Waals surface area contributed by atoms with Crippen LogP contribution in [0.1, 0.15) is 17.7 Å². The van der Waals surface area contributed by atoms with Gasteiger partial charge in [0.25, 0.3) is 0 Å². The molecule has 1 N–H and O–H groups in total. The molecule has 4 rings (SSSR count). The monoisotopic (exact) mass is 363 g/mol. The molecule has 2 heterocycles. The van der Waals surface area contributed by atoms with Crippen molar-refractivity contribution in [3.63, 3.8) is 0 Å². The number of benzene rings is 2. The second kappa shape index (κ2) is 7.38. The third-order valence-corrected chi connectivity index (χ3v) is 5.51. The van der Waals surface area contributed by atoms with Crippen LogP contribution in [-0.4, -0.2) is 28.2 Å². The lowest BCUT2D eigenvalue weighted by Crippen LogP contribution is -2.36. The van der Waals surface area contributed by atoms with Crippen molar-refractivity contribution in [1.82, 2.24) is 9.97 Å². The minimum Gasteiger partial charge on any atom is -0.337 e. The van der Waals surface area contributed by atoms with Gasteiger partial charge >= 0.3 is 0 Å². The van der Waals surface area contributed by atoms with Gasteiger partial charge in [0.05, 0.1) is 11.4 Å². The van der Waals surface area contributed by atoms with Crippen LogP contribution in [0.15, 0.2) is 59.8 Å². The molecule has 5 heteroatoms. The molecule has 0 saturated carbocycles. The van der Waals surface area contributed by atoms with Crippen LogP contribution in [0.25, 0.3) is 11.3 Å². The predicted octanol–water partition coefficient (Wildman–Crippen LogP) is 4.46. The van der Waals surface area contributed by atoms with E-state index in [9.17, 15) is 4.79 Å². The van der Waals surface area contributed by atoms with Crippen LogP contribution in [0.3, 0.4) is 0 Å². The van der Waals surface area contributed by atoms with Gasteiger partial charge in [0.15, 0.2) is 5.16 Å². The summed E-state index contributed by atoms with van der Waals surface area (Å²) >= 11 is 1.47. The predicted molar refractivity (Wildman–Crippen MR) is 107 cm³/mol. The number of carbonyl (C=O) groups excluding carboxylic acids is 1. The smallest absolute Gasteiger partial charge is 0.237 e. The Morgan fingerprint density at radius 3 is 2.77 bits per heavy atom. The fourth-order valence-electron chi connectivity index (χ4n) is 3.38. The van der Waals surface area contributed by atoms with Gasteiger partial charge in [-0.25, -0.2) is 4.98 Å². The lowest BCUT2D eigenvalue weighted by molar-refractivity contribution is -0.116. The fraction of sp³-hybridized carbons (Fsp3) is 0.238. The molecule has 1 aliphatic rings. The van der Waals surface area contributed by atoms with Gasteiger partial charge in [-0.05, 0) is 31.4 Å². The Kier molecular flexibility index (Phi) is 4.80. The Balaban J connectivity index is 1.46. The second-order valence-electron chi connectivity index (χ2n) is 6.45. The molecule has 0 saturated heterocycles. The molecule has 26 heavy (non-hydrogen) atoms. The van der Waals surface area contributed by atoms with Gasteiger partial charge < -0.3 is 9.88 Å². The third kappa shape index (κ3) is 3.40. The number of hydrogen-bond acceptors (Lipinski definition) is 3. The molecule has 132 valence electrons. The second-order valence-corrected chi connectivity index (χ2v) is 7.41. The molecular formula is C21H21N3OS. The summed E-state index contributed by atoms with van der Waals surface area (Å²) in [5.74, 6) is 0.521. The maximum atomic E-state index is 12.8. The zero-order chi connectivity index (χ0) is 17.9. The number of aryl methyl sites for hydroxylation is 2. The highest BCUT2D eigenvalue weighted by Gasteiger charge is 2.22. The average molecular weight is 363 g/mol. The van der Waals surface area contributed by atoms with E-state index in [2.05, 4.69) is 16.0 Å². The van der Waals surface area contributed by atoms with Crippen LogP contribution in [0, 0.1) is 6.92 Å². The molecule has 0 aliphatic carbocycles. The molecule has 0 fully saturated rings. The molecule has 0 unspecified atom stereocenters. The van der Waals surface area contributed by atoms with Crippen LogP contribution in [-0.2, 0) is 11.2 Å². The van der Waals surface area contributed by atoms with Crippen molar-refractivity contribution in [2.24, 2.45) is 0 Å². The molecule has 3 aromatic rings. The molecule has 2 aromatic carbocycles. The number of rotatable bonds is 4. The molecule has 0 bridgehead atoms. The maximum Gasteiger partial charge on any atom is 0.237 e. The standard InChI is InChI=1S/C21H21N3OS/c1-15-20(17-9-3-2-4-10-17)23-21(22-15)26-14-19(25)24-13-7-11-16-8-5-6-12-18(16)24/h2-6,8-10,12H,7,11,13-14H2,1H3,(H,22,23). The number of thioether (sulfide) groups is 1. The number of anilines is 1. The first kappa shape index (κ1) is 16.9. The molecule has 0 radical (unpaired) electrons. The van der Waals surface area contributed by atoms with E-state index < -0.39 is 0 Å². The molecule has 1 amide bonds. The zero-order valence-electron chi connectivity index (χ0n) is 14.7. The summed E-state index contributed by atoms with van der Waals surface area (Å²) in [7, 11) is 0. The molecule has 1 aliphatic heterocycles. The number of nitrogens with one attached hydrogen (secondary N) is 1. The minimum atomic E-state index is 0.137. The first-order valence-corrected chi connectivity index (χ1v) is 9.84. The maximum absolute atomic E-state index is 12.8. The van der Waals surface area contributed by atoms with Crippen molar-refractivity contribution in [3.05, 3.63) is 65.9 Å². The number of imidazole rings is 1. The van der Waals surface area contributed by atoms with E-state index in [1.807, 2.05) is 60.4 Å². The fourth-order valence-corrected chi connectivity index (χ4v) is 4.18. The van der Waals surface area contributed by atoms with E-state index in [1.165, 1.54) is 17.3 Å². The number of H-pyrrole nitrogens is 1. The SMILES string of the molecule is Cc1[nH]c(SCC(=O)N2CCCc3ccccc32)nc1-c1ccccc1. The average Bonchev–Trinajstić information content (AvgIpc) is 3.07. The van der Waals surface area contributed by atoms with Gasteiger partial charge in [-0.3, -0.25) is 4.79 Å². The number of para-hydroxylation sites is 1. The minimum absolute atomic E-state index is 0.137. The number of amides is 1. The summed E-state index contributed by atoms with van der Waals surface area (Å²) in [4.78, 5) is 22.7. The summed E-state index contributed by atoms with van der Waals surface area (Å²) in [6.45, 7) is 2.81. The highest BCUT2D eigenvalue weighted by molar-refractivity contribution is 7.99.